The second-order valence-electron chi connectivity index (χ2n) is 1.99. The van der Waals surface area contributed by atoms with Crippen molar-refractivity contribution in [1.29, 1.82) is 0 Å². The molecule has 7 nitrogen and oxygen atoms in total. The molecule has 2 heterocycles. The van der Waals surface area contributed by atoms with E-state index < -0.39 is 7.82 Å². The van der Waals surface area contributed by atoms with Crippen LogP contribution in [0.5, 0.6) is 0 Å². The largest absolute Gasteiger partial charge is 0.550 e. The maximum absolute atomic E-state index is 11.3. The predicted octanol–water partition coefficient (Wildman–Crippen LogP) is -0.138. The lowest BCUT2D eigenvalue weighted by atomic mass is 10.8. The highest BCUT2D eigenvalue weighted by Gasteiger charge is 2.34. The van der Waals surface area contributed by atoms with Gasteiger partial charge in [-0.05, 0) is 0 Å². The molecule has 2 rings (SSSR count). The van der Waals surface area contributed by atoms with Gasteiger partial charge in [-0.3, -0.25) is 13.7 Å². The van der Waals surface area contributed by atoms with Gasteiger partial charge in [0.05, 0.1) is 13.2 Å². The van der Waals surface area contributed by atoms with Gasteiger partial charge in [-0.25, -0.2) is 9.55 Å². The van der Waals surface area contributed by atoms with Crippen molar-refractivity contribution in [2.24, 2.45) is 0 Å². The molecule has 0 bridgehead atoms. The Labute approximate surface area is 67.8 Å². The molecule has 1 aromatic rings. The van der Waals surface area contributed by atoms with Gasteiger partial charge in [0.1, 0.15) is 6.33 Å². The highest BCUT2D eigenvalue weighted by molar-refractivity contribution is 7.48. The van der Waals surface area contributed by atoms with Gasteiger partial charge >= 0.3 is 7.82 Å². The number of aromatic nitrogens is 3. The van der Waals surface area contributed by atoms with Crippen LogP contribution in [0, 0.1) is 0 Å². The molecule has 0 atom stereocenters. The van der Waals surface area contributed by atoms with Crippen molar-refractivity contribution in [3.8, 4) is 0 Å². The quantitative estimate of drug-likeness (QED) is 0.605. The zero-order valence-electron chi connectivity index (χ0n) is 5.99. The van der Waals surface area contributed by atoms with Gasteiger partial charge < -0.3 is 0 Å². The predicted molar refractivity (Wildman–Crippen MR) is 36.1 cm³/mol. The molecular formula is C4H6N3O4P. The Morgan fingerprint density at radius 2 is 2.25 bits per heavy atom. The van der Waals surface area contributed by atoms with Crippen LogP contribution in [0.3, 0.4) is 0 Å². The van der Waals surface area contributed by atoms with Gasteiger partial charge in [0.15, 0.2) is 6.33 Å². The molecule has 12 heavy (non-hydrogen) atoms. The second kappa shape index (κ2) is 2.85. The molecule has 0 saturated carbocycles. The minimum atomic E-state index is -3.40. The van der Waals surface area contributed by atoms with E-state index >= 15 is 0 Å². The summed E-state index contributed by atoms with van der Waals surface area (Å²) in [6.45, 7) is 0.540. The Balaban J connectivity index is 2.07. The van der Waals surface area contributed by atoms with Gasteiger partial charge in [-0.15, -0.1) is 5.10 Å². The number of rotatable bonds is 2. The van der Waals surface area contributed by atoms with Crippen LogP contribution in [0.1, 0.15) is 0 Å². The van der Waals surface area contributed by atoms with E-state index in [0.717, 1.165) is 4.85 Å². The van der Waals surface area contributed by atoms with E-state index in [0.29, 0.717) is 0 Å². The Morgan fingerprint density at radius 3 is 2.83 bits per heavy atom. The lowest BCUT2D eigenvalue weighted by Crippen LogP contribution is -2.09. The first-order valence-electron chi connectivity index (χ1n) is 3.22. The Hall–Kier alpha value is -0.910. The summed E-state index contributed by atoms with van der Waals surface area (Å²) < 4.78 is 25.6. The monoisotopic (exact) mass is 191 g/mol. The average molecular weight is 191 g/mol. The Morgan fingerprint density at radius 1 is 1.50 bits per heavy atom. The van der Waals surface area contributed by atoms with E-state index in [1.54, 1.807) is 0 Å². The van der Waals surface area contributed by atoms with E-state index in [-0.39, 0.29) is 13.2 Å². The topological polar surface area (TPSA) is 75.5 Å². The zero-order chi connectivity index (χ0) is 8.44. The standard InChI is InChI=1S/C4H6N3O4P/c8-12(9-1-2-10-12)11-7-4-5-3-6-7/h3-4H,1-2H2. The van der Waals surface area contributed by atoms with Crippen LogP contribution in [-0.2, 0) is 13.6 Å². The third kappa shape index (κ3) is 1.47. The van der Waals surface area contributed by atoms with Crippen LogP contribution in [0.2, 0.25) is 0 Å². The van der Waals surface area contributed by atoms with E-state index in [1.807, 2.05) is 0 Å². The van der Waals surface area contributed by atoms with E-state index in [9.17, 15) is 4.57 Å². The molecule has 0 aliphatic carbocycles. The van der Waals surface area contributed by atoms with E-state index in [2.05, 4.69) is 10.1 Å². The summed E-state index contributed by atoms with van der Waals surface area (Å²) in [7, 11) is -3.40. The zero-order valence-corrected chi connectivity index (χ0v) is 6.89. The summed E-state index contributed by atoms with van der Waals surface area (Å²) in [5, 5.41) is 3.58. The molecule has 0 spiro atoms. The Bertz CT molecular complexity index is 289. The molecule has 1 aliphatic heterocycles. The molecule has 8 heteroatoms. The number of hydrogen-bond donors (Lipinski definition) is 0. The molecule has 1 aromatic heterocycles. The fraction of sp³-hybridized carbons (Fsp3) is 0.500. The van der Waals surface area contributed by atoms with Crippen LogP contribution in [-0.4, -0.2) is 28.1 Å². The summed E-state index contributed by atoms with van der Waals surface area (Å²) >= 11 is 0. The fourth-order valence-electron chi connectivity index (χ4n) is 0.725. The van der Waals surface area contributed by atoms with Gasteiger partial charge in [0.2, 0.25) is 0 Å². The van der Waals surface area contributed by atoms with Gasteiger partial charge in [-0.2, -0.15) is 0 Å². The van der Waals surface area contributed by atoms with Crippen molar-refractivity contribution in [3.05, 3.63) is 12.7 Å². The molecule has 0 N–H and O–H groups in total. The molecule has 1 aliphatic rings. The molecule has 1 saturated heterocycles. The SMILES string of the molecule is O=P1(On2cncn2)OCCO1. The van der Waals surface area contributed by atoms with Crippen LogP contribution >= 0.6 is 7.82 Å². The third-order valence-electron chi connectivity index (χ3n) is 1.16. The number of hydrogen-bond acceptors (Lipinski definition) is 6. The number of phosphoric acid groups is 1. The van der Waals surface area contributed by atoms with Crippen molar-refractivity contribution in [2.75, 3.05) is 13.2 Å². The highest BCUT2D eigenvalue weighted by Crippen LogP contribution is 2.49. The molecule has 66 valence electrons. The van der Waals surface area contributed by atoms with Gasteiger partial charge in [-0.1, -0.05) is 4.85 Å². The van der Waals surface area contributed by atoms with Crippen molar-refractivity contribution >= 4 is 7.82 Å². The normalized spacial score (nSPS) is 21.0. The summed E-state index contributed by atoms with van der Waals surface area (Å²) in [6, 6.07) is 0. The molecule has 1 fully saturated rings. The molecule has 0 amide bonds. The van der Waals surface area contributed by atoms with Crippen LogP contribution in [0.15, 0.2) is 12.7 Å². The second-order valence-corrected chi connectivity index (χ2v) is 3.57. The minimum Gasteiger partial charge on any atom is -0.292 e. The summed E-state index contributed by atoms with van der Waals surface area (Å²) in [5.41, 5.74) is 0. The minimum absolute atomic E-state index is 0.270. The maximum Gasteiger partial charge on any atom is 0.550 e. The first-order chi connectivity index (χ1) is 5.79. The van der Waals surface area contributed by atoms with Crippen LogP contribution in [0.4, 0.5) is 0 Å². The molecule has 0 unspecified atom stereocenters. The van der Waals surface area contributed by atoms with Crippen molar-refractivity contribution in [2.45, 2.75) is 0 Å². The smallest absolute Gasteiger partial charge is 0.292 e. The lowest BCUT2D eigenvalue weighted by Gasteiger charge is -2.07. The van der Waals surface area contributed by atoms with Gasteiger partial charge in [0, 0.05) is 0 Å². The number of phosphoric ester groups is 1. The van der Waals surface area contributed by atoms with Crippen LogP contribution in [0.25, 0.3) is 0 Å². The summed E-state index contributed by atoms with van der Waals surface area (Å²) in [6.07, 6.45) is 2.51. The Kier molecular flexibility index (Phi) is 1.84. The number of nitrogens with zero attached hydrogens (tertiary/aromatic N) is 3. The fourth-order valence-corrected chi connectivity index (χ4v) is 1.78. The van der Waals surface area contributed by atoms with Crippen molar-refractivity contribution in [1.82, 2.24) is 14.9 Å². The molecule has 0 aromatic carbocycles. The average Bonchev–Trinajstić information content (AvgIpc) is 2.62. The van der Waals surface area contributed by atoms with Crippen molar-refractivity contribution < 1.29 is 18.2 Å². The van der Waals surface area contributed by atoms with Gasteiger partial charge in [0.25, 0.3) is 0 Å². The van der Waals surface area contributed by atoms with E-state index in [4.69, 9.17) is 13.7 Å². The molecule has 0 radical (unpaired) electrons. The maximum atomic E-state index is 11.3. The van der Waals surface area contributed by atoms with Crippen molar-refractivity contribution in [3.63, 3.8) is 0 Å². The molecular weight excluding hydrogens is 185 g/mol. The first-order valence-corrected chi connectivity index (χ1v) is 4.68. The van der Waals surface area contributed by atoms with Crippen LogP contribution < -0.4 is 4.62 Å². The van der Waals surface area contributed by atoms with E-state index in [1.165, 1.54) is 12.7 Å². The first kappa shape index (κ1) is 7.72. The summed E-state index contributed by atoms with van der Waals surface area (Å²) in [4.78, 5) is 4.53. The summed E-state index contributed by atoms with van der Waals surface area (Å²) in [5.74, 6) is 0. The lowest BCUT2D eigenvalue weighted by molar-refractivity contribution is 0.150. The highest BCUT2D eigenvalue weighted by atomic mass is 31.2. The third-order valence-corrected chi connectivity index (χ3v) is 2.53.